The molecule has 0 bridgehead atoms. The highest BCUT2D eigenvalue weighted by Gasteiger charge is 2.44. The van der Waals surface area contributed by atoms with Gasteiger partial charge in [-0.05, 0) is 43.6 Å². The number of nitrogens with zero attached hydrogens (tertiary/aromatic N) is 1. The topological polar surface area (TPSA) is 78.2 Å². The van der Waals surface area contributed by atoms with E-state index in [1.165, 1.54) is 6.07 Å². The SMILES string of the molecule is O=[N+]([O-])c1c(Cl)cc([O-])c2c1[C@H]1C=CC[C@@H]1[C@H]([C@H]1CC=CCC1)N2. The Labute approximate surface area is 145 Å². The lowest BCUT2D eigenvalue weighted by Gasteiger charge is -2.43. The Morgan fingerprint density at radius 1 is 1.25 bits per heavy atom. The Kier molecular flexibility index (Phi) is 3.76. The van der Waals surface area contributed by atoms with Gasteiger partial charge in [-0.1, -0.05) is 41.7 Å². The summed E-state index contributed by atoms with van der Waals surface area (Å²) in [5, 5.41) is 27.3. The van der Waals surface area contributed by atoms with Crippen LogP contribution in [0.5, 0.6) is 5.75 Å². The molecule has 0 radical (unpaired) electrons. The zero-order chi connectivity index (χ0) is 16.8. The van der Waals surface area contributed by atoms with Gasteiger partial charge in [0.2, 0.25) is 0 Å². The van der Waals surface area contributed by atoms with E-state index in [0.717, 1.165) is 25.7 Å². The molecule has 6 heteroatoms. The molecule has 24 heavy (non-hydrogen) atoms. The summed E-state index contributed by atoms with van der Waals surface area (Å²) in [6.45, 7) is 0. The molecule has 0 spiro atoms. The second-order valence-corrected chi connectivity index (χ2v) is 7.23. The molecular weight excluding hydrogens is 328 g/mol. The summed E-state index contributed by atoms with van der Waals surface area (Å²) in [5.41, 5.74) is 0.722. The largest absolute Gasteiger partial charge is 0.871 e. The van der Waals surface area contributed by atoms with Crippen LogP contribution in [0.25, 0.3) is 0 Å². The van der Waals surface area contributed by atoms with Crippen molar-refractivity contribution in [3.8, 4) is 5.75 Å². The number of hydrogen-bond acceptors (Lipinski definition) is 4. The van der Waals surface area contributed by atoms with Crippen LogP contribution in [-0.4, -0.2) is 11.0 Å². The Bertz CT molecular complexity index is 759. The highest BCUT2D eigenvalue weighted by molar-refractivity contribution is 6.33. The van der Waals surface area contributed by atoms with Crippen molar-refractivity contribution in [3.63, 3.8) is 0 Å². The van der Waals surface area contributed by atoms with Crippen LogP contribution in [0.2, 0.25) is 5.02 Å². The predicted octanol–water partition coefficient (Wildman–Crippen LogP) is 4.13. The van der Waals surface area contributed by atoms with Gasteiger partial charge in [-0.2, -0.15) is 0 Å². The first kappa shape index (κ1) is 15.5. The fourth-order valence-electron chi connectivity index (χ4n) is 4.53. The van der Waals surface area contributed by atoms with E-state index in [2.05, 4.69) is 23.5 Å². The van der Waals surface area contributed by atoms with Crippen molar-refractivity contribution in [3.05, 3.63) is 51.1 Å². The number of rotatable bonds is 2. The molecule has 0 unspecified atom stereocenters. The zero-order valence-electron chi connectivity index (χ0n) is 13.1. The third kappa shape index (κ3) is 2.30. The fourth-order valence-corrected chi connectivity index (χ4v) is 4.80. The van der Waals surface area contributed by atoms with Gasteiger partial charge in [0, 0.05) is 17.6 Å². The van der Waals surface area contributed by atoms with E-state index in [9.17, 15) is 15.2 Å². The number of benzene rings is 1. The standard InChI is InChI=1S/C18H19ClN2O3/c19-13-9-14(22)17-15(18(13)21(23)24)11-7-4-8-12(11)16(20-17)10-5-2-1-3-6-10/h1-2,4,7,9-12,16,20,22H,3,5-6,8H2/p-1/t10-,11-,12-,16-/m0/s1. The molecule has 0 saturated carbocycles. The van der Waals surface area contributed by atoms with Crippen LogP contribution < -0.4 is 10.4 Å². The minimum atomic E-state index is -0.463. The van der Waals surface area contributed by atoms with Gasteiger partial charge in [-0.3, -0.25) is 10.1 Å². The third-order valence-corrected chi connectivity index (χ3v) is 5.86. The van der Waals surface area contributed by atoms with E-state index in [0.29, 0.717) is 17.2 Å². The Morgan fingerprint density at radius 3 is 2.79 bits per heavy atom. The normalized spacial score (nSPS) is 30.5. The van der Waals surface area contributed by atoms with Gasteiger partial charge in [0.25, 0.3) is 5.69 Å². The van der Waals surface area contributed by atoms with Crippen molar-refractivity contribution in [1.82, 2.24) is 0 Å². The highest BCUT2D eigenvalue weighted by Crippen LogP contribution is 2.54. The first-order chi connectivity index (χ1) is 11.6. The van der Waals surface area contributed by atoms with Gasteiger partial charge in [0.1, 0.15) is 5.02 Å². The van der Waals surface area contributed by atoms with Gasteiger partial charge < -0.3 is 10.4 Å². The number of nitro benzene ring substituents is 1. The molecule has 4 rings (SSSR count). The van der Waals surface area contributed by atoms with Crippen LogP contribution >= 0.6 is 11.6 Å². The quantitative estimate of drug-likeness (QED) is 0.496. The summed E-state index contributed by atoms with van der Waals surface area (Å²) >= 11 is 6.03. The number of fused-ring (bicyclic) bond motifs is 3. The number of allylic oxidation sites excluding steroid dienone is 4. The maximum absolute atomic E-state index is 12.5. The van der Waals surface area contributed by atoms with Crippen LogP contribution in [0.4, 0.5) is 11.4 Å². The molecule has 1 heterocycles. The van der Waals surface area contributed by atoms with Crippen LogP contribution in [-0.2, 0) is 0 Å². The summed E-state index contributed by atoms with van der Waals surface area (Å²) in [6.07, 6.45) is 12.5. The molecule has 126 valence electrons. The maximum Gasteiger partial charge on any atom is 0.293 e. The first-order valence-electron chi connectivity index (χ1n) is 8.34. The average molecular weight is 346 g/mol. The maximum atomic E-state index is 12.5. The number of nitro groups is 1. The molecular formula is C18H18ClN2O3-. The smallest absolute Gasteiger partial charge is 0.293 e. The summed E-state index contributed by atoms with van der Waals surface area (Å²) in [6, 6.07) is 1.33. The molecule has 1 aromatic carbocycles. The number of nitrogens with one attached hydrogen (secondary N) is 1. The third-order valence-electron chi connectivity index (χ3n) is 5.57. The molecule has 0 aromatic heterocycles. The van der Waals surface area contributed by atoms with E-state index in [4.69, 9.17) is 11.6 Å². The molecule has 1 N–H and O–H groups in total. The Morgan fingerprint density at radius 2 is 2.08 bits per heavy atom. The van der Waals surface area contributed by atoms with Crippen LogP contribution in [0.15, 0.2) is 30.4 Å². The van der Waals surface area contributed by atoms with Gasteiger partial charge >= 0.3 is 0 Å². The predicted molar refractivity (Wildman–Crippen MR) is 91.4 cm³/mol. The molecule has 5 nitrogen and oxygen atoms in total. The van der Waals surface area contributed by atoms with E-state index >= 15 is 0 Å². The molecule has 1 aromatic rings. The molecule has 0 amide bonds. The van der Waals surface area contributed by atoms with Crippen LogP contribution in [0, 0.1) is 22.0 Å². The molecule has 2 aliphatic carbocycles. The van der Waals surface area contributed by atoms with E-state index < -0.39 is 4.92 Å². The lowest BCUT2D eigenvalue weighted by molar-refractivity contribution is -0.385. The highest BCUT2D eigenvalue weighted by atomic mass is 35.5. The summed E-state index contributed by atoms with van der Waals surface area (Å²) < 4.78 is 0. The average Bonchev–Trinajstić information content (AvgIpc) is 3.04. The Hall–Kier alpha value is -2.01. The molecule has 3 aliphatic rings. The van der Waals surface area contributed by atoms with E-state index in [1.807, 2.05) is 6.08 Å². The second-order valence-electron chi connectivity index (χ2n) is 6.82. The van der Waals surface area contributed by atoms with E-state index in [1.54, 1.807) is 0 Å². The van der Waals surface area contributed by atoms with Crippen LogP contribution in [0.3, 0.4) is 0 Å². The van der Waals surface area contributed by atoms with Crippen molar-refractivity contribution in [1.29, 1.82) is 0 Å². The summed E-state index contributed by atoms with van der Waals surface area (Å²) in [5.74, 6) is 0.329. The summed E-state index contributed by atoms with van der Waals surface area (Å²) in [7, 11) is 0. The first-order valence-corrected chi connectivity index (χ1v) is 8.71. The fraction of sp³-hybridized carbons (Fsp3) is 0.444. The number of hydrogen-bond donors (Lipinski definition) is 1. The van der Waals surface area contributed by atoms with Gasteiger partial charge in [0.05, 0.1) is 10.5 Å². The lowest BCUT2D eigenvalue weighted by Crippen LogP contribution is -2.42. The zero-order valence-corrected chi connectivity index (χ0v) is 13.8. The van der Waals surface area contributed by atoms with Gasteiger partial charge in [0.15, 0.2) is 0 Å². The minimum Gasteiger partial charge on any atom is -0.871 e. The van der Waals surface area contributed by atoms with Crippen molar-refractivity contribution in [2.75, 3.05) is 5.32 Å². The number of halogens is 1. The van der Waals surface area contributed by atoms with Gasteiger partial charge in [-0.15, -0.1) is 0 Å². The van der Waals surface area contributed by atoms with Crippen molar-refractivity contribution in [2.24, 2.45) is 11.8 Å². The van der Waals surface area contributed by atoms with Crippen molar-refractivity contribution >= 4 is 23.0 Å². The summed E-state index contributed by atoms with van der Waals surface area (Å²) in [4.78, 5) is 11.1. The second kappa shape index (κ2) is 5.81. The molecule has 0 saturated heterocycles. The monoisotopic (exact) mass is 345 g/mol. The minimum absolute atomic E-state index is 0.0661. The molecule has 1 aliphatic heterocycles. The van der Waals surface area contributed by atoms with Crippen molar-refractivity contribution in [2.45, 2.75) is 37.6 Å². The van der Waals surface area contributed by atoms with Crippen LogP contribution in [0.1, 0.15) is 37.2 Å². The lowest BCUT2D eigenvalue weighted by atomic mass is 9.71. The number of anilines is 1. The van der Waals surface area contributed by atoms with Crippen molar-refractivity contribution < 1.29 is 10.0 Å². The molecule has 4 atom stereocenters. The Balaban J connectivity index is 1.84. The van der Waals surface area contributed by atoms with E-state index in [-0.39, 0.29) is 34.3 Å². The van der Waals surface area contributed by atoms with Gasteiger partial charge in [-0.25, -0.2) is 0 Å². The molecule has 0 fully saturated rings.